The maximum absolute atomic E-state index is 7.20. The van der Waals surface area contributed by atoms with Gasteiger partial charge in [-0.05, 0) is 6.07 Å². The molecule has 70 valence electrons. The van der Waals surface area contributed by atoms with Crippen molar-refractivity contribution in [2.45, 2.75) is 6.42 Å². The third kappa shape index (κ3) is 2.43. The highest BCUT2D eigenvalue weighted by Crippen LogP contribution is 2.14. The first-order valence-electron chi connectivity index (χ1n) is 4.05. The smallest absolute Gasteiger partial charge is 0.131 e. The van der Waals surface area contributed by atoms with Gasteiger partial charge in [0.1, 0.15) is 5.82 Å². The number of nitrogens with two attached hydrogens (primary N) is 1. The highest BCUT2D eigenvalue weighted by atomic mass is 15.1. The van der Waals surface area contributed by atoms with Crippen molar-refractivity contribution in [3.05, 3.63) is 23.9 Å². The largest absolute Gasteiger partial charge is 0.387 e. The zero-order valence-corrected chi connectivity index (χ0v) is 7.91. The Kier molecular flexibility index (Phi) is 2.84. The third-order valence-corrected chi connectivity index (χ3v) is 1.67. The lowest BCUT2D eigenvalue weighted by atomic mass is 10.1. The summed E-state index contributed by atoms with van der Waals surface area (Å²) >= 11 is 0. The number of rotatable bonds is 3. The van der Waals surface area contributed by atoms with E-state index in [1.54, 1.807) is 6.20 Å². The van der Waals surface area contributed by atoms with Crippen molar-refractivity contribution in [2.24, 2.45) is 5.73 Å². The summed E-state index contributed by atoms with van der Waals surface area (Å²) < 4.78 is 0. The number of hydrogen-bond acceptors (Lipinski definition) is 3. The molecular formula is C9H14N4. The standard InChI is InChI=1S/C9H14N4/c1-13(2)9-7(6-8(10)11)4-3-5-12-9/h3-5H,6H2,1-2H3,(H3,10,11). The van der Waals surface area contributed by atoms with Crippen molar-refractivity contribution in [1.29, 1.82) is 5.41 Å². The van der Waals surface area contributed by atoms with Gasteiger partial charge in [-0.3, -0.25) is 5.41 Å². The fourth-order valence-corrected chi connectivity index (χ4v) is 1.18. The molecule has 1 aromatic rings. The minimum absolute atomic E-state index is 0.163. The molecule has 0 unspecified atom stereocenters. The summed E-state index contributed by atoms with van der Waals surface area (Å²) in [6.07, 6.45) is 2.19. The molecule has 0 spiro atoms. The topological polar surface area (TPSA) is 66.0 Å². The molecule has 0 aliphatic rings. The normalized spacial score (nSPS) is 9.69. The minimum atomic E-state index is 0.163. The Morgan fingerprint density at radius 2 is 2.31 bits per heavy atom. The van der Waals surface area contributed by atoms with Crippen LogP contribution in [0.15, 0.2) is 18.3 Å². The molecule has 0 aliphatic carbocycles. The number of anilines is 1. The number of nitrogens with zero attached hydrogens (tertiary/aromatic N) is 2. The molecule has 3 N–H and O–H groups in total. The molecule has 0 amide bonds. The summed E-state index contributed by atoms with van der Waals surface area (Å²) in [7, 11) is 3.85. The molecule has 0 aromatic carbocycles. The molecule has 0 radical (unpaired) electrons. The van der Waals surface area contributed by atoms with Gasteiger partial charge in [-0.25, -0.2) is 4.98 Å². The predicted molar refractivity (Wildman–Crippen MR) is 54.2 cm³/mol. The van der Waals surface area contributed by atoms with Crippen LogP contribution >= 0.6 is 0 Å². The first kappa shape index (κ1) is 9.51. The van der Waals surface area contributed by atoms with Gasteiger partial charge in [0.2, 0.25) is 0 Å². The molecule has 0 saturated carbocycles. The Labute approximate surface area is 77.9 Å². The number of pyridine rings is 1. The van der Waals surface area contributed by atoms with Crippen LogP contribution in [0.3, 0.4) is 0 Å². The molecule has 0 atom stereocenters. The van der Waals surface area contributed by atoms with E-state index in [0.29, 0.717) is 6.42 Å². The fraction of sp³-hybridized carbons (Fsp3) is 0.333. The van der Waals surface area contributed by atoms with Gasteiger partial charge in [0.25, 0.3) is 0 Å². The third-order valence-electron chi connectivity index (χ3n) is 1.67. The first-order chi connectivity index (χ1) is 6.11. The molecule has 0 aliphatic heterocycles. The van der Waals surface area contributed by atoms with E-state index >= 15 is 0 Å². The monoisotopic (exact) mass is 178 g/mol. The van der Waals surface area contributed by atoms with E-state index in [1.165, 1.54) is 0 Å². The Morgan fingerprint density at radius 3 is 2.85 bits per heavy atom. The van der Waals surface area contributed by atoms with Gasteiger partial charge in [-0.15, -0.1) is 0 Å². The van der Waals surface area contributed by atoms with E-state index in [2.05, 4.69) is 4.98 Å². The molecule has 0 bridgehead atoms. The zero-order valence-electron chi connectivity index (χ0n) is 7.91. The Morgan fingerprint density at radius 1 is 1.62 bits per heavy atom. The lowest BCUT2D eigenvalue weighted by Crippen LogP contribution is -2.18. The number of hydrogen-bond donors (Lipinski definition) is 2. The molecule has 0 saturated heterocycles. The van der Waals surface area contributed by atoms with E-state index in [4.69, 9.17) is 11.1 Å². The highest BCUT2D eigenvalue weighted by Gasteiger charge is 2.05. The van der Waals surface area contributed by atoms with Gasteiger partial charge in [0.15, 0.2) is 0 Å². The average Bonchev–Trinajstić information content (AvgIpc) is 2.03. The van der Waals surface area contributed by atoms with Crippen LogP contribution in [0.25, 0.3) is 0 Å². The second-order valence-corrected chi connectivity index (χ2v) is 3.08. The summed E-state index contributed by atoms with van der Waals surface area (Å²) in [6.45, 7) is 0. The van der Waals surface area contributed by atoms with Crippen LogP contribution in [0, 0.1) is 5.41 Å². The quantitative estimate of drug-likeness (QED) is 0.527. The number of aromatic nitrogens is 1. The van der Waals surface area contributed by atoms with E-state index < -0.39 is 0 Å². The minimum Gasteiger partial charge on any atom is -0.387 e. The lowest BCUT2D eigenvalue weighted by Gasteiger charge is -2.14. The van der Waals surface area contributed by atoms with Gasteiger partial charge in [-0.1, -0.05) is 6.07 Å². The molecular weight excluding hydrogens is 164 g/mol. The van der Waals surface area contributed by atoms with Crippen LogP contribution in [0.4, 0.5) is 5.82 Å². The van der Waals surface area contributed by atoms with Crippen LogP contribution < -0.4 is 10.6 Å². The Balaban J connectivity index is 2.97. The van der Waals surface area contributed by atoms with Crippen molar-refractivity contribution in [1.82, 2.24) is 4.98 Å². The lowest BCUT2D eigenvalue weighted by molar-refractivity contribution is 1.03. The Hall–Kier alpha value is -1.58. The highest BCUT2D eigenvalue weighted by molar-refractivity contribution is 5.80. The molecule has 0 fully saturated rings. The molecule has 4 nitrogen and oxygen atoms in total. The summed E-state index contributed by atoms with van der Waals surface area (Å²) in [5.74, 6) is 1.04. The van der Waals surface area contributed by atoms with Crippen molar-refractivity contribution in [3.8, 4) is 0 Å². The van der Waals surface area contributed by atoms with Gasteiger partial charge in [0, 0.05) is 32.3 Å². The zero-order chi connectivity index (χ0) is 9.84. The second-order valence-electron chi connectivity index (χ2n) is 3.08. The van der Waals surface area contributed by atoms with Crippen molar-refractivity contribution in [3.63, 3.8) is 0 Å². The Bertz CT molecular complexity index is 306. The SMILES string of the molecule is CN(C)c1ncccc1CC(=N)N. The van der Waals surface area contributed by atoms with Crippen LogP contribution in [0.1, 0.15) is 5.56 Å². The first-order valence-corrected chi connectivity index (χ1v) is 4.05. The molecule has 13 heavy (non-hydrogen) atoms. The van der Waals surface area contributed by atoms with Gasteiger partial charge in [-0.2, -0.15) is 0 Å². The molecule has 4 heteroatoms. The summed E-state index contributed by atoms with van der Waals surface area (Å²) in [6, 6.07) is 3.79. The summed E-state index contributed by atoms with van der Waals surface area (Å²) in [5.41, 5.74) is 6.32. The number of amidine groups is 1. The van der Waals surface area contributed by atoms with Crippen LogP contribution in [-0.4, -0.2) is 24.9 Å². The molecule has 1 aromatic heterocycles. The maximum Gasteiger partial charge on any atom is 0.131 e. The molecule has 1 heterocycles. The van der Waals surface area contributed by atoms with Crippen LogP contribution in [0.2, 0.25) is 0 Å². The molecule has 1 rings (SSSR count). The average molecular weight is 178 g/mol. The van der Waals surface area contributed by atoms with E-state index in [1.807, 2.05) is 31.1 Å². The maximum atomic E-state index is 7.20. The van der Waals surface area contributed by atoms with Gasteiger partial charge in [0.05, 0.1) is 5.84 Å². The van der Waals surface area contributed by atoms with Gasteiger partial charge >= 0.3 is 0 Å². The number of nitrogens with one attached hydrogen (secondary N) is 1. The van der Waals surface area contributed by atoms with Crippen molar-refractivity contribution in [2.75, 3.05) is 19.0 Å². The van der Waals surface area contributed by atoms with Gasteiger partial charge < -0.3 is 10.6 Å². The van der Waals surface area contributed by atoms with Crippen molar-refractivity contribution >= 4 is 11.7 Å². The fourth-order valence-electron chi connectivity index (χ4n) is 1.18. The van der Waals surface area contributed by atoms with E-state index in [0.717, 1.165) is 11.4 Å². The van der Waals surface area contributed by atoms with Crippen LogP contribution in [0.5, 0.6) is 0 Å². The van der Waals surface area contributed by atoms with E-state index in [9.17, 15) is 0 Å². The van der Waals surface area contributed by atoms with E-state index in [-0.39, 0.29) is 5.84 Å². The van der Waals surface area contributed by atoms with Crippen molar-refractivity contribution < 1.29 is 0 Å². The summed E-state index contributed by atoms with van der Waals surface area (Å²) in [4.78, 5) is 6.12. The van der Waals surface area contributed by atoms with Crippen LogP contribution in [-0.2, 0) is 6.42 Å². The second kappa shape index (κ2) is 3.89. The predicted octanol–water partition coefficient (Wildman–Crippen LogP) is 0.626. The summed E-state index contributed by atoms with van der Waals surface area (Å²) in [5, 5.41) is 7.20.